The Kier molecular flexibility index (Phi) is 6.57. The lowest BCUT2D eigenvalue weighted by molar-refractivity contribution is -0.187. The maximum Gasteiger partial charge on any atom is 0.165 e. The van der Waals surface area contributed by atoms with Gasteiger partial charge in [-0.05, 0) is 86.3 Å². The fraction of sp³-hybridized carbons (Fsp3) is 0.667. The number of nitrogens with zero attached hydrogens (tertiary/aromatic N) is 2. The average molecular weight is 492 g/mol. The summed E-state index contributed by atoms with van der Waals surface area (Å²) in [5, 5.41) is 19.9. The summed E-state index contributed by atoms with van der Waals surface area (Å²) < 4.78 is 6.21. The molecule has 36 heavy (non-hydrogen) atoms. The van der Waals surface area contributed by atoms with Gasteiger partial charge >= 0.3 is 0 Å². The molecule has 0 aromatic carbocycles. The van der Waals surface area contributed by atoms with Crippen molar-refractivity contribution in [2.45, 2.75) is 76.9 Å². The molecular weight excluding hydrogens is 450 g/mol. The van der Waals surface area contributed by atoms with E-state index in [2.05, 4.69) is 29.9 Å². The molecule has 6 heteroatoms. The van der Waals surface area contributed by atoms with E-state index in [1.54, 1.807) is 13.3 Å². The number of fused-ring (bicyclic) bond motifs is 5. The number of hydrogen-bond donors (Lipinski definition) is 2. The Morgan fingerprint density at radius 2 is 2.11 bits per heavy atom. The quantitative estimate of drug-likeness (QED) is 0.556. The van der Waals surface area contributed by atoms with Gasteiger partial charge in [-0.1, -0.05) is 25.5 Å². The van der Waals surface area contributed by atoms with Crippen molar-refractivity contribution in [2.24, 2.45) is 39.5 Å². The van der Waals surface area contributed by atoms with Crippen molar-refractivity contribution in [3.8, 4) is 0 Å². The van der Waals surface area contributed by atoms with Crippen LogP contribution in [0.2, 0.25) is 0 Å². The molecule has 1 heterocycles. The number of aliphatic imine (C=N–C) groups is 1. The molecule has 6 nitrogen and oxygen atoms in total. The number of nitrogens with one attached hydrogen (secondary N) is 1. The van der Waals surface area contributed by atoms with Gasteiger partial charge in [0.1, 0.15) is 5.60 Å². The average Bonchev–Trinajstić information content (AvgIpc) is 3.19. The van der Waals surface area contributed by atoms with Gasteiger partial charge in [-0.2, -0.15) is 0 Å². The minimum absolute atomic E-state index is 0.00201. The summed E-state index contributed by atoms with van der Waals surface area (Å²) in [4.78, 5) is 22.7. The summed E-state index contributed by atoms with van der Waals surface area (Å²) in [7, 11) is 3.50. The summed E-state index contributed by atoms with van der Waals surface area (Å²) in [5.74, 6) is 0.959. The van der Waals surface area contributed by atoms with Crippen LogP contribution in [0.5, 0.6) is 0 Å². The number of aliphatic hydroxyl groups is 1. The van der Waals surface area contributed by atoms with Crippen LogP contribution in [0.3, 0.4) is 0 Å². The predicted molar refractivity (Wildman–Crippen MR) is 141 cm³/mol. The Morgan fingerprint density at radius 1 is 1.31 bits per heavy atom. The van der Waals surface area contributed by atoms with E-state index in [1.807, 2.05) is 25.2 Å². The van der Waals surface area contributed by atoms with Crippen molar-refractivity contribution in [3.63, 3.8) is 0 Å². The van der Waals surface area contributed by atoms with E-state index in [4.69, 9.17) is 10.1 Å². The van der Waals surface area contributed by atoms with Gasteiger partial charge in [0.25, 0.3) is 0 Å². The highest BCUT2D eigenvalue weighted by Gasteiger charge is 2.69. The van der Waals surface area contributed by atoms with Crippen LogP contribution in [-0.4, -0.2) is 53.7 Å². The normalized spacial score (nSPS) is 42.8. The fourth-order valence-corrected chi connectivity index (χ4v) is 9.08. The number of aromatic nitrogens is 1. The molecule has 0 spiro atoms. The molecule has 5 rings (SSSR count). The Balaban J connectivity index is 1.45. The van der Waals surface area contributed by atoms with Gasteiger partial charge in [0.15, 0.2) is 5.78 Å². The summed E-state index contributed by atoms with van der Waals surface area (Å²) >= 11 is 0. The molecule has 3 fully saturated rings. The number of allylic oxidation sites excluding steroid dienone is 2. The third-order valence-corrected chi connectivity index (χ3v) is 10.7. The standard InChI is InChI=1S/C30H41N3O3/c1-28-16-19(18-31)24(32-3)15-20(28)8-10-22-23-12-13-30(36-4,29(23,2)17-25(34)27(22)28)26(35)11-9-21-7-5-6-14-33-21/h5-7,14-15,18-19,22-23,25,27,31,34H,8-13,16-17H2,1-4H3. The number of carbonyl (C=O) groups is 1. The lowest BCUT2D eigenvalue weighted by Crippen LogP contribution is -2.62. The van der Waals surface area contributed by atoms with Crippen LogP contribution in [0, 0.1) is 39.9 Å². The summed E-state index contributed by atoms with van der Waals surface area (Å²) in [6.45, 7) is 4.52. The monoisotopic (exact) mass is 491 g/mol. The number of pyridine rings is 1. The van der Waals surface area contributed by atoms with Crippen molar-refractivity contribution < 1.29 is 14.6 Å². The van der Waals surface area contributed by atoms with Crippen LogP contribution in [0.4, 0.5) is 0 Å². The number of Topliss-reactive ketones (excluding diaryl/α,β-unsaturated/α-hetero) is 1. The molecule has 194 valence electrons. The largest absolute Gasteiger partial charge is 0.393 e. The molecular formula is C30H41N3O3. The second-order valence-corrected chi connectivity index (χ2v) is 12.1. The SMILES string of the molecule is CN=C1C=C2CCC3C(C(O)CC4(C)C3CCC4(OC)C(=O)CCc3ccccn3)C2(C)CC1C=N. The van der Waals surface area contributed by atoms with Crippen LogP contribution < -0.4 is 0 Å². The van der Waals surface area contributed by atoms with Gasteiger partial charge in [0, 0.05) is 55.7 Å². The van der Waals surface area contributed by atoms with Crippen LogP contribution in [-0.2, 0) is 16.0 Å². The summed E-state index contributed by atoms with van der Waals surface area (Å²) in [5.41, 5.74) is 1.89. The minimum atomic E-state index is -0.860. The van der Waals surface area contributed by atoms with Crippen LogP contribution in [0.25, 0.3) is 0 Å². The number of ether oxygens (including phenoxy) is 1. The first-order valence-electron chi connectivity index (χ1n) is 13.6. The zero-order chi connectivity index (χ0) is 25.7. The van der Waals surface area contributed by atoms with Gasteiger partial charge in [-0.15, -0.1) is 0 Å². The molecule has 0 amide bonds. The van der Waals surface area contributed by atoms with Crippen molar-refractivity contribution >= 4 is 17.7 Å². The molecule has 0 bridgehead atoms. The highest BCUT2D eigenvalue weighted by Crippen LogP contribution is 2.68. The Bertz CT molecular complexity index is 1080. The molecule has 0 radical (unpaired) electrons. The summed E-state index contributed by atoms with van der Waals surface area (Å²) in [6, 6.07) is 5.82. The van der Waals surface area contributed by atoms with Crippen molar-refractivity contribution in [1.29, 1.82) is 5.41 Å². The van der Waals surface area contributed by atoms with Crippen molar-refractivity contribution in [3.05, 3.63) is 41.7 Å². The highest BCUT2D eigenvalue weighted by atomic mass is 16.5. The molecule has 1 aromatic rings. The second kappa shape index (κ2) is 9.29. The zero-order valence-electron chi connectivity index (χ0n) is 22.2. The number of methoxy groups -OCH3 is 1. The molecule has 1 aromatic heterocycles. The number of aryl methyl sites for hydroxylation is 1. The maximum atomic E-state index is 13.9. The Hall–Kier alpha value is -2.18. The van der Waals surface area contributed by atoms with E-state index >= 15 is 0 Å². The molecule has 8 atom stereocenters. The number of hydrogen-bond acceptors (Lipinski definition) is 6. The topological polar surface area (TPSA) is 95.6 Å². The maximum absolute atomic E-state index is 13.9. The van der Waals surface area contributed by atoms with Crippen LogP contribution in [0.1, 0.15) is 64.5 Å². The predicted octanol–water partition coefficient (Wildman–Crippen LogP) is 4.85. The van der Waals surface area contributed by atoms with E-state index in [0.29, 0.717) is 31.1 Å². The molecule has 8 unspecified atom stereocenters. The van der Waals surface area contributed by atoms with Gasteiger partial charge in [-0.25, -0.2) is 0 Å². The first kappa shape index (κ1) is 25.5. The minimum Gasteiger partial charge on any atom is -0.393 e. The Morgan fingerprint density at radius 3 is 2.78 bits per heavy atom. The van der Waals surface area contributed by atoms with Crippen molar-refractivity contribution in [2.75, 3.05) is 14.2 Å². The molecule has 4 aliphatic carbocycles. The van der Waals surface area contributed by atoms with Gasteiger partial charge in [0.05, 0.1) is 6.10 Å². The highest BCUT2D eigenvalue weighted by molar-refractivity contribution is 6.06. The van der Waals surface area contributed by atoms with Gasteiger partial charge in [-0.3, -0.25) is 14.8 Å². The fourth-order valence-electron chi connectivity index (χ4n) is 9.08. The van der Waals surface area contributed by atoms with Gasteiger partial charge < -0.3 is 15.3 Å². The number of rotatable bonds is 6. The van der Waals surface area contributed by atoms with E-state index in [1.165, 1.54) is 11.8 Å². The third kappa shape index (κ3) is 3.59. The van der Waals surface area contributed by atoms with Gasteiger partial charge in [0.2, 0.25) is 0 Å². The lowest BCUT2D eigenvalue weighted by Gasteiger charge is -2.61. The number of aliphatic hydroxyl groups excluding tert-OH is 1. The molecule has 3 saturated carbocycles. The first-order valence-corrected chi connectivity index (χ1v) is 13.6. The summed E-state index contributed by atoms with van der Waals surface area (Å²) in [6.07, 6.45) is 11.1. The van der Waals surface area contributed by atoms with E-state index in [9.17, 15) is 9.90 Å². The zero-order valence-corrected chi connectivity index (χ0v) is 22.2. The smallest absolute Gasteiger partial charge is 0.165 e. The second-order valence-electron chi connectivity index (χ2n) is 12.1. The third-order valence-electron chi connectivity index (χ3n) is 10.7. The van der Waals surface area contributed by atoms with Crippen molar-refractivity contribution in [1.82, 2.24) is 4.98 Å². The number of ketones is 1. The van der Waals surface area contributed by atoms with E-state index in [-0.39, 0.29) is 23.0 Å². The van der Waals surface area contributed by atoms with Crippen LogP contribution in [0.15, 0.2) is 41.0 Å². The molecule has 4 aliphatic rings. The first-order chi connectivity index (χ1) is 17.2. The van der Waals surface area contributed by atoms with E-state index in [0.717, 1.165) is 43.5 Å². The number of carbonyl (C=O) groups excluding carboxylic acids is 1. The Labute approximate surface area is 215 Å². The lowest BCUT2D eigenvalue weighted by atomic mass is 9.44. The van der Waals surface area contributed by atoms with Crippen LogP contribution >= 0.6 is 0 Å². The molecule has 0 aliphatic heterocycles. The molecule has 0 saturated heterocycles. The van der Waals surface area contributed by atoms with E-state index < -0.39 is 17.1 Å². The molecule has 2 N–H and O–H groups in total.